The number of hydrogen-bond donors (Lipinski definition) is 2. The number of nitrogens with one attached hydrogen (secondary N) is 1. The first kappa shape index (κ1) is 17.0. The second-order valence-electron chi connectivity index (χ2n) is 7.27. The van der Waals surface area contributed by atoms with E-state index in [1.165, 1.54) is 17.1 Å². The highest BCUT2D eigenvalue weighted by atomic mass is 19.4. The highest BCUT2D eigenvalue weighted by molar-refractivity contribution is 5.77. The van der Waals surface area contributed by atoms with Gasteiger partial charge in [0, 0.05) is 22.2 Å². The van der Waals surface area contributed by atoms with Crippen molar-refractivity contribution in [3.05, 3.63) is 76.1 Å². The van der Waals surface area contributed by atoms with Crippen LogP contribution in [-0.2, 0) is 6.18 Å². The Kier molecular flexibility index (Phi) is 3.47. The third-order valence-corrected chi connectivity index (χ3v) is 5.44. The molecule has 0 unspecified atom stereocenters. The molecule has 28 heavy (non-hydrogen) atoms. The van der Waals surface area contributed by atoms with Crippen LogP contribution in [0.1, 0.15) is 25.3 Å². The Morgan fingerprint density at radius 3 is 2.25 bits per heavy atom. The van der Waals surface area contributed by atoms with Crippen LogP contribution >= 0.6 is 0 Å². The smallest absolute Gasteiger partial charge is 0.416 e. The van der Waals surface area contributed by atoms with Gasteiger partial charge in [0.2, 0.25) is 5.88 Å². The zero-order valence-electron chi connectivity index (χ0n) is 15.1. The van der Waals surface area contributed by atoms with Crippen LogP contribution in [0, 0.1) is 0 Å². The fourth-order valence-electron chi connectivity index (χ4n) is 3.94. The molecule has 144 valence electrons. The van der Waals surface area contributed by atoms with Gasteiger partial charge >= 0.3 is 6.18 Å². The summed E-state index contributed by atoms with van der Waals surface area (Å²) in [6, 6.07) is 13.0. The van der Waals surface area contributed by atoms with Gasteiger partial charge in [-0.05, 0) is 44.0 Å². The van der Waals surface area contributed by atoms with E-state index in [4.69, 9.17) is 0 Å². The lowest BCUT2D eigenvalue weighted by atomic mass is 10.1. The molecule has 1 saturated carbocycles. The van der Waals surface area contributed by atoms with E-state index in [0.29, 0.717) is 17.4 Å². The predicted molar refractivity (Wildman–Crippen MR) is 99.8 cm³/mol. The second kappa shape index (κ2) is 5.70. The average molecular weight is 385 g/mol. The first-order valence-corrected chi connectivity index (χ1v) is 9.13. The van der Waals surface area contributed by atoms with Crippen molar-refractivity contribution in [2.75, 3.05) is 5.01 Å². The Labute approximate surface area is 159 Å². The van der Waals surface area contributed by atoms with Gasteiger partial charge in [-0.25, -0.2) is 5.01 Å². The molecule has 1 fully saturated rings. The van der Waals surface area contributed by atoms with E-state index in [1.54, 1.807) is 0 Å². The lowest BCUT2D eigenvalue weighted by molar-refractivity contribution is -0.137. The van der Waals surface area contributed by atoms with E-state index in [0.717, 1.165) is 46.8 Å². The third kappa shape index (κ3) is 2.46. The standard InChI is InChI=1S/C21H18F3N3O/c1-12-16-4-2-3-5-17(16)18-19(26(12)14-10-11-14)20(28)27(25-18)15-8-6-13(7-9-15)21(22,23)24/h2-9,14,25,28H,10-11H2,1H3. The summed E-state index contributed by atoms with van der Waals surface area (Å²) in [6.45, 7) is 2.04. The number of hydrazine groups is 1. The Morgan fingerprint density at radius 2 is 1.64 bits per heavy atom. The van der Waals surface area contributed by atoms with E-state index >= 15 is 0 Å². The summed E-state index contributed by atoms with van der Waals surface area (Å²) in [5.41, 5.74) is 5.43. The lowest BCUT2D eigenvalue weighted by Gasteiger charge is -2.29. The molecular formula is C21H18F3N3O. The van der Waals surface area contributed by atoms with E-state index < -0.39 is 11.7 Å². The molecule has 2 N–H and O–H groups in total. The number of fused-ring (bicyclic) bond motifs is 2. The van der Waals surface area contributed by atoms with Crippen LogP contribution in [0.4, 0.5) is 18.9 Å². The van der Waals surface area contributed by atoms with E-state index in [9.17, 15) is 18.3 Å². The number of alkyl halides is 3. The third-order valence-electron chi connectivity index (χ3n) is 5.44. The topological polar surface area (TPSA) is 38.7 Å². The normalized spacial score (nSPS) is 19.0. The molecule has 5 rings (SSSR count). The first-order valence-electron chi connectivity index (χ1n) is 9.13. The minimum atomic E-state index is -4.39. The Bertz CT molecular complexity index is 1110. The highest BCUT2D eigenvalue weighted by Crippen LogP contribution is 2.41. The second-order valence-corrected chi connectivity index (χ2v) is 7.27. The summed E-state index contributed by atoms with van der Waals surface area (Å²) in [4.78, 5) is 2.14. The SMILES string of the molecule is CC1=c2ccccc2=C2NN(c3ccc(C(F)(F)F)cc3)C(O)=C2N1C1CC1. The maximum absolute atomic E-state index is 12.9. The van der Waals surface area contributed by atoms with Gasteiger partial charge < -0.3 is 10.0 Å². The summed E-state index contributed by atoms with van der Waals surface area (Å²) in [5.74, 6) is -0.00416. The summed E-state index contributed by atoms with van der Waals surface area (Å²) >= 11 is 0. The molecule has 7 heteroatoms. The van der Waals surface area contributed by atoms with Gasteiger partial charge in [0.05, 0.1) is 16.9 Å². The molecule has 2 aliphatic heterocycles. The van der Waals surface area contributed by atoms with Crippen LogP contribution in [0.2, 0.25) is 0 Å². The molecule has 1 aliphatic carbocycles. The van der Waals surface area contributed by atoms with Crippen molar-refractivity contribution in [1.82, 2.24) is 10.3 Å². The molecule has 0 aromatic heterocycles. The lowest BCUT2D eigenvalue weighted by Crippen LogP contribution is -2.43. The molecule has 2 aromatic rings. The van der Waals surface area contributed by atoms with Gasteiger partial charge in [-0.1, -0.05) is 24.3 Å². The Hall–Kier alpha value is -3.09. The van der Waals surface area contributed by atoms with Gasteiger partial charge in [0.25, 0.3) is 0 Å². The summed E-state index contributed by atoms with van der Waals surface area (Å²) < 4.78 is 38.6. The molecular weight excluding hydrogens is 367 g/mol. The Morgan fingerprint density at radius 1 is 1.00 bits per heavy atom. The number of hydrogen-bond acceptors (Lipinski definition) is 4. The van der Waals surface area contributed by atoms with Crippen molar-refractivity contribution in [1.29, 1.82) is 0 Å². The van der Waals surface area contributed by atoms with Gasteiger partial charge in [0.15, 0.2) is 0 Å². The summed E-state index contributed by atoms with van der Waals surface area (Å²) in [5, 5.41) is 14.5. The van der Waals surface area contributed by atoms with Crippen molar-refractivity contribution >= 4 is 17.1 Å². The number of anilines is 1. The maximum atomic E-state index is 12.9. The quantitative estimate of drug-likeness (QED) is 0.833. The summed E-state index contributed by atoms with van der Waals surface area (Å²) in [6.07, 6.45) is -2.30. The number of nitrogens with zero attached hydrogens (tertiary/aromatic N) is 2. The van der Waals surface area contributed by atoms with Crippen LogP contribution in [-0.4, -0.2) is 16.0 Å². The zero-order chi connectivity index (χ0) is 19.6. The molecule has 3 aliphatic rings. The minimum Gasteiger partial charge on any atom is -0.492 e. The van der Waals surface area contributed by atoms with Crippen LogP contribution in [0.15, 0.2) is 60.1 Å². The zero-order valence-corrected chi connectivity index (χ0v) is 15.1. The maximum Gasteiger partial charge on any atom is 0.416 e. The van der Waals surface area contributed by atoms with E-state index in [2.05, 4.69) is 10.3 Å². The highest BCUT2D eigenvalue weighted by Gasteiger charge is 2.41. The fourth-order valence-corrected chi connectivity index (χ4v) is 3.94. The predicted octanol–water partition coefficient (Wildman–Crippen LogP) is 3.17. The summed E-state index contributed by atoms with van der Waals surface area (Å²) in [7, 11) is 0. The van der Waals surface area contributed by atoms with Crippen LogP contribution in [0.3, 0.4) is 0 Å². The average Bonchev–Trinajstić information content (AvgIpc) is 3.45. The Balaban J connectivity index is 1.65. The van der Waals surface area contributed by atoms with Gasteiger partial charge in [0.1, 0.15) is 5.70 Å². The molecule has 0 radical (unpaired) electrons. The molecule has 2 heterocycles. The molecule has 4 nitrogen and oxygen atoms in total. The number of aliphatic hydroxyl groups excluding tert-OH is 1. The van der Waals surface area contributed by atoms with Crippen molar-refractivity contribution in [3.8, 4) is 0 Å². The van der Waals surface area contributed by atoms with Crippen LogP contribution in [0.5, 0.6) is 0 Å². The van der Waals surface area contributed by atoms with Gasteiger partial charge in [-0.15, -0.1) is 0 Å². The minimum absolute atomic E-state index is 0.00416. The number of rotatable bonds is 2. The van der Waals surface area contributed by atoms with Crippen molar-refractivity contribution in [3.63, 3.8) is 0 Å². The van der Waals surface area contributed by atoms with Crippen LogP contribution in [0.25, 0.3) is 11.4 Å². The van der Waals surface area contributed by atoms with E-state index in [1.807, 2.05) is 31.2 Å². The van der Waals surface area contributed by atoms with E-state index in [-0.39, 0.29) is 5.88 Å². The molecule has 2 aromatic carbocycles. The molecule has 0 bridgehead atoms. The monoisotopic (exact) mass is 385 g/mol. The number of aliphatic hydroxyl groups is 1. The molecule has 0 amide bonds. The van der Waals surface area contributed by atoms with Crippen LogP contribution < -0.4 is 20.9 Å². The molecule has 0 saturated heterocycles. The van der Waals surface area contributed by atoms with Crippen molar-refractivity contribution < 1.29 is 18.3 Å². The van der Waals surface area contributed by atoms with Crippen molar-refractivity contribution in [2.24, 2.45) is 0 Å². The van der Waals surface area contributed by atoms with Crippen molar-refractivity contribution in [2.45, 2.75) is 32.0 Å². The molecule has 0 atom stereocenters. The number of halogens is 3. The van der Waals surface area contributed by atoms with Gasteiger partial charge in [-0.2, -0.15) is 13.2 Å². The van der Waals surface area contributed by atoms with Gasteiger partial charge in [-0.3, -0.25) is 5.43 Å². The fraction of sp³-hybridized carbons (Fsp3) is 0.238. The first-order chi connectivity index (χ1) is 13.4. The largest absolute Gasteiger partial charge is 0.492 e. The molecule has 0 spiro atoms. The number of benzene rings is 2.